The molecule has 44 heavy (non-hydrogen) atoms. The summed E-state index contributed by atoms with van der Waals surface area (Å²) >= 11 is 0. The van der Waals surface area contributed by atoms with Crippen molar-refractivity contribution < 1.29 is 29.0 Å². The minimum Gasteiger partial charge on any atom is -0.489 e. The topological polar surface area (TPSA) is 108 Å². The largest absolute Gasteiger partial charge is 0.489 e. The van der Waals surface area contributed by atoms with Crippen molar-refractivity contribution in [3.63, 3.8) is 0 Å². The van der Waals surface area contributed by atoms with E-state index in [9.17, 15) is 19.5 Å². The van der Waals surface area contributed by atoms with Crippen LogP contribution >= 0.6 is 0 Å². The van der Waals surface area contributed by atoms with Crippen LogP contribution in [0.15, 0.2) is 78.9 Å². The molecule has 0 unspecified atom stereocenters. The zero-order chi connectivity index (χ0) is 30.5. The lowest BCUT2D eigenvalue weighted by atomic mass is 9.86. The number of fused-ring (bicyclic) bond motifs is 3. The van der Waals surface area contributed by atoms with Gasteiger partial charge in [0.25, 0.3) is 5.91 Å². The van der Waals surface area contributed by atoms with Crippen LogP contribution in [0, 0.1) is 11.8 Å². The average Bonchev–Trinajstić information content (AvgIpc) is 3.07. The van der Waals surface area contributed by atoms with Gasteiger partial charge in [-0.3, -0.25) is 14.5 Å². The van der Waals surface area contributed by atoms with Gasteiger partial charge in [-0.25, -0.2) is 4.79 Å². The molecule has 9 heteroatoms. The molecule has 2 bridgehead atoms. The Balaban J connectivity index is 1.08. The Morgan fingerprint density at radius 2 is 1.55 bits per heavy atom. The smallest absolute Gasteiger partial charge is 0.408 e. The number of carbonyl (C=O) groups is 3. The Hall–Kier alpha value is -4.37. The monoisotopic (exact) mass is 597 g/mol. The van der Waals surface area contributed by atoms with Crippen LogP contribution in [0.4, 0.5) is 4.79 Å². The molecule has 4 heterocycles. The third-order valence-corrected chi connectivity index (χ3v) is 9.18. The first-order valence-electron chi connectivity index (χ1n) is 15.5. The van der Waals surface area contributed by atoms with Crippen molar-refractivity contribution in [3.8, 4) is 5.75 Å². The number of benzene rings is 3. The van der Waals surface area contributed by atoms with Crippen molar-refractivity contribution in [3.05, 3.63) is 101 Å². The molecule has 0 saturated carbocycles. The number of nitrogens with one attached hydrogen (secondary N) is 1. The number of hydrogen-bond donors (Lipinski definition) is 2. The third-order valence-electron chi connectivity index (χ3n) is 9.18. The molecular weight excluding hydrogens is 558 g/mol. The molecule has 4 aliphatic rings. The highest BCUT2D eigenvalue weighted by molar-refractivity contribution is 5.94. The predicted molar refractivity (Wildman–Crippen MR) is 164 cm³/mol. The van der Waals surface area contributed by atoms with Gasteiger partial charge in [-0.05, 0) is 85.6 Å². The highest BCUT2D eigenvalue weighted by Gasteiger charge is 2.37. The zero-order valence-electron chi connectivity index (χ0n) is 24.8. The van der Waals surface area contributed by atoms with Crippen LogP contribution < -0.4 is 10.1 Å². The maximum absolute atomic E-state index is 13.1. The van der Waals surface area contributed by atoms with Crippen LogP contribution in [0.5, 0.6) is 5.75 Å². The summed E-state index contributed by atoms with van der Waals surface area (Å²) in [5.74, 6) is -0.153. The molecule has 4 fully saturated rings. The molecular formula is C35H39N3O6. The van der Waals surface area contributed by atoms with Gasteiger partial charge in [0.15, 0.2) is 0 Å². The van der Waals surface area contributed by atoms with E-state index >= 15 is 0 Å². The summed E-state index contributed by atoms with van der Waals surface area (Å²) in [5.41, 5.74) is 3.32. The number of hydrogen-bond acceptors (Lipinski definition) is 6. The van der Waals surface area contributed by atoms with Gasteiger partial charge in [-0.15, -0.1) is 0 Å². The van der Waals surface area contributed by atoms with Crippen molar-refractivity contribution in [1.82, 2.24) is 15.1 Å². The molecule has 2 N–H and O–H groups in total. The summed E-state index contributed by atoms with van der Waals surface area (Å²) in [6.07, 6.45) is 2.62. The molecule has 3 aromatic rings. The minimum absolute atomic E-state index is 0.0746. The number of alkyl carbamates (subject to hydrolysis) is 1. The molecule has 0 spiro atoms. The molecule has 0 radical (unpaired) electrons. The molecule has 0 aromatic heterocycles. The van der Waals surface area contributed by atoms with E-state index < -0.39 is 18.1 Å². The number of aliphatic carboxylic acids is 1. The molecule has 4 saturated heterocycles. The first-order valence-corrected chi connectivity index (χ1v) is 15.5. The highest BCUT2D eigenvalue weighted by Crippen LogP contribution is 2.31. The first-order chi connectivity index (χ1) is 21.4. The predicted octanol–water partition coefficient (Wildman–Crippen LogP) is 5.11. The Morgan fingerprint density at radius 3 is 2.20 bits per heavy atom. The summed E-state index contributed by atoms with van der Waals surface area (Å²) in [5, 5.41) is 12.3. The number of ether oxygens (including phenoxy) is 2. The lowest BCUT2D eigenvalue weighted by molar-refractivity contribution is -0.143. The van der Waals surface area contributed by atoms with Crippen molar-refractivity contribution >= 4 is 18.0 Å². The third kappa shape index (κ3) is 7.05. The lowest BCUT2D eigenvalue weighted by Crippen LogP contribution is -2.52. The van der Waals surface area contributed by atoms with E-state index in [1.54, 1.807) is 17.0 Å². The molecule has 2 atom stereocenters. The van der Waals surface area contributed by atoms with Gasteiger partial charge in [-0.1, -0.05) is 54.6 Å². The number of carboxylic acid groups (broad SMARTS) is 1. The number of carbonyl (C=O) groups excluding carboxylic acids is 2. The quantitative estimate of drug-likeness (QED) is 0.353. The number of amides is 2. The van der Waals surface area contributed by atoms with Crippen LogP contribution in [-0.4, -0.2) is 71.7 Å². The van der Waals surface area contributed by atoms with Crippen molar-refractivity contribution in [1.29, 1.82) is 0 Å². The molecule has 230 valence electrons. The van der Waals surface area contributed by atoms with E-state index in [1.165, 1.54) is 0 Å². The van der Waals surface area contributed by atoms with E-state index in [-0.39, 0.29) is 17.9 Å². The number of piperidine rings is 4. The number of nitrogens with zero attached hydrogens (tertiary/aromatic N) is 2. The van der Waals surface area contributed by atoms with Crippen LogP contribution in [0.2, 0.25) is 0 Å². The van der Waals surface area contributed by atoms with E-state index in [4.69, 9.17) is 9.47 Å². The van der Waals surface area contributed by atoms with Gasteiger partial charge >= 0.3 is 12.1 Å². The van der Waals surface area contributed by atoms with Crippen LogP contribution in [0.1, 0.15) is 58.8 Å². The van der Waals surface area contributed by atoms with Crippen LogP contribution in [-0.2, 0) is 16.1 Å². The van der Waals surface area contributed by atoms with Gasteiger partial charge in [-0.2, -0.15) is 0 Å². The molecule has 3 aromatic carbocycles. The standard InChI is InChI=1S/C35H39N3O6/c39-33(38-19-15-28(16-20-38)34(40)41)27-11-9-24(10-12-27)23-43-30-8-4-7-29(21-30)32(26-5-2-1-3-6-26)36-35(42)44-31-22-37-17-13-25(31)14-18-37/h1-12,21,25,28,31-32H,13-20,22-23H2,(H,36,42)(H,40,41)/t31-,32-/m0/s1. The Kier molecular flexibility index (Phi) is 9.12. The van der Waals surface area contributed by atoms with Crippen LogP contribution in [0.3, 0.4) is 0 Å². The summed E-state index contributed by atoms with van der Waals surface area (Å²) in [4.78, 5) is 41.3. The van der Waals surface area contributed by atoms with Gasteiger partial charge in [0.1, 0.15) is 18.5 Å². The second-order valence-electron chi connectivity index (χ2n) is 12.0. The zero-order valence-corrected chi connectivity index (χ0v) is 24.8. The second kappa shape index (κ2) is 13.5. The van der Waals surface area contributed by atoms with Gasteiger partial charge < -0.3 is 24.8 Å². The molecule has 0 aliphatic carbocycles. The fourth-order valence-corrected chi connectivity index (χ4v) is 6.54. The van der Waals surface area contributed by atoms with E-state index in [2.05, 4.69) is 10.2 Å². The summed E-state index contributed by atoms with van der Waals surface area (Å²) in [6.45, 7) is 4.19. The number of rotatable bonds is 9. The average molecular weight is 598 g/mol. The van der Waals surface area contributed by atoms with E-state index in [0.29, 0.717) is 49.8 Å². The summed E-state index contributed by atoms with van der Waals surface area (Å²) in [7, 11) is 0. The molecule has 2 amide bonds. The van der Waals surface area contributed by atoms with E-state index in [0.717, 1.165) is 49.2 Å². The number of carboxylic acids is 1. The Morgan fingerprint density at radius 1 is 0.841 bits per heavy atom. The highest BCUT2D eigenvalue weighted by atomic mass is 16.6. The van der Waals surface area contributed by atoms with Crippen molar-refractivity contribution in [2.45, 2.75) is 44.4 Å². The SMILES string of the molecule is O=C(N[C@@H](c1ccccc1)c1cccc(OCc2ccc(C(=O)N3CCC(C(=O)O)CC3)cc2)c1)O[C@H]1CN2CCC1CC2. The van der Waals surface area contributed by atoms with E-state index in [1.807, 2.05) is 66.7 Å². The molecule has 9 nitrogen and oxygen atoms in total. The minimum atomic E-state index is -0.791. The number of likely N-dealkylation sites (tertiary alicyclic amines) is 1. The summed E-state index contributed by atoms with van der Waals surface area (Å²) in [6, 6.07) is 24.5. The van der Waals surface area contributed by atoms with Crippen molar-refractivity contribution in [2.24, 2.45) is 11.8 Å². The van der Waals surface area contributed by atoms with Gasteiger partial charge in [0.05, 0.1) is 12.0 Å². The second-order valence-corrected chi connectivity index (χ2v) is 12.0. The molecule has 4 aliphatic heterocycles. The Labute approximate surface area is 257 Å². The lowest BCUT2D eigenvalue weighted by Gasteiger charge is -2.43. The Bertz CT molecular complexity index is 1450. The van der Waals surface area contributed by atoms with Gasteiger partial charge in [0.2, 0.25) is 0 Å². The molecule has 7 rings (SSSR count). The fourth-order valence-electron chi connectivity index (χ4n) is 6.54. The van der Waals surface area contributed by atoms with Crippen molar-refractivity contribution in [2.75, 3.05) is 32.7 Å². The first kappa shape index (κ1) is 29.7. The summed E-state index contributed by atoms with van der Waals surface area (Å²) < 4.78 is 12.1. The normalized spacial score (nSPS) is 22.2. The fraction of sp³-hybridized carbons (Fsp3) is 0.400. The van der Waals surface area contributed by atoms with Gasteiger partial charge in [0, 0.05) is 25.2 Å². The maximum atomic E-state index is 13.1. The maximum Gasteiger partial charge on any atom is 0.408 e. The van der Waals surface area contributed by atoms with Crippen LogP contribution in [0.25, 0.3) is 0 Å².